The van der Waals surface area contributed by atoms with E-state index < -0.39 is 0 Å². The number of nitrogens with two attached hydrogens (primary N) is 1. The third kappa shape index (κ3) is 4.08. The molecular formula is C19H25NO. The van der Waals surface area contributed by atoms with Gasteiger partial charge in [0.15, 0.2) is 0 Å². The van der Waals surface area contributed by atoms with E-state index in [1.807, 2.05) is 13.0 Å². The summed E-state index contributed by atoms with van der Waals surface area (Å²) in [5.41, 5.74) is 11.3. The van der Waals surface area contributed by atoms with Crippen molar-refractivity contribution >= 4 is 0 Å². The maximum Gasteiger partial charge on any atom is 0.119 e. The number of ether oxygens (including phenoxy) is 1. The van der Waals surface area contributed by atoms with Crippen LogP contribution in [0.1, 0.15) is 35.1 Å². The highest BCUT2D eigenvalue weighted by atomic mass is 16.5. The first kappa shape index (κ1) is 15.6. The van der Waals surface area contributed by atoms with Gasteiger partial charge in [-0.1, -0.05) is 35.9 Å². The van der Waals surface area contributed by atoms with Crippen molar-refractivity contribution < 1.29 is 4.74 Å². The predicted molar refractivity (Wildman–Crippen MR) is 89.0 cm³/mol. The molecule has 21 heavy (non-hydrogen) atoms. The van der Waals surface area contributed by atoms with Gasteiger partial charge in [0, 0.05) is 5.92 Å². The van der Waals surface area contributed by atoms with E-state index in [4.69, 9.17) is 10.5 Å². The molecule has 1 atom stereocenters. The minimum Gasteiger partial charge on any atom is -0.494 e. The lowest BCUT2D eigenvalue weighted by Crippen LogP contribution is -2.16. The van der Waals surface area contributed by atoms with Crippen molar-refractivity contribution in [2.45, 2.75) is 33.1 Å². The third-order valence-electron chi connectivity index (χ3n) is 3.85. The van der Waals surface area contributed by atoms with Crippen LogP contribution in [0, 0.1) is 13.8 Å². The van der Waals surface area contributed by atoms with Crippen LogP contribution in [-0.4, -0.2) is 13.2 Å². The molecule has 0 radical (unpaired) electrons. The molecule has 2 aromatic carbocycles. The molecule has 0 aliphatic heterocycles. The Morgan fingerprint density at radius 3 is 2.62 bits per heavy atom. The molecular weight excluding hydrogens is 258 g/mol. The fourth-order valence-corrected chi connectivity index (χ4v) is 2.73. The van der Waals surface area contributed by atoms with E-state index in [9.17, 15) is 0 Å². The summed E-state index contributed by atoms with van der Waals surface area (Å²) in [6.45, 7) is 7.65. The van der Waals surface area contributed by atoms with Crippen LogP contribution in [0.5, 0.6) is 5.75 Å². The second-order valence-electron chi connectivity index (χ2n) is 5.58. The van der Waals surface area contributed by atoms with Gasteiger partial charge in [-0.3, -0.25) is 0 Å². The Kier molecular flexibility index (Phi) is 5.40. The Balaban J connectivity index is 2.22. The molecule has 2 aromatic rings. The fraction of sp³-hybridized carbons (Fsp3) is 0.368. The van der Waals surface area contributed by atoms with Crippen LogP contribution >= 0.6 is 0 Å². The number of benzene rings is 2. The van der Waals surface area contributed by atoms with Crippen molar-refractivity contribution in [3.05, 3.63) is 64.7 Å². The van der Waals surface area contributed by atoms with Crippen molar-refractivity contribution in [3.8, 4) is 5.75 Å². The molecule has 0 aliphatic carbocycles. The Hall–Kier alpha value is -1.80. The summed E-state index contributed by atoms with van der Waals surface area (Å²) in [6.07, 6.45) is 0.946. The molecule has 2 rings (SSSR count). The average Bonchev–Trinajstić information content (AvgIpc) is 2.48. The van der Waals surface area contributed by atoms with Gasteiger partial charge < -0.3 is 10.5 Å². The smallest absolute Gasteiger partial charge is 0.119 e. The lowest BCUT2D eigenvalue weighted by atomic mass is 9.88. The zero-order chi connectivity index (χ0) is 15.2. The number of rotatable bonds is 6. The Bertz CT molecular complexity index is 592. The summed E-state index contributed by atoms with van der Waals surface area (Å²) >= 11 is 0. The van der Waals surface area contributed by atoms with Gasteiger partial charge in [-0.25, -0.2) is 0 Å². The van der Waals surface area contributed by atoms with E-state index in [1.165, 1.54) is 22.3 Å². The largest absolute Gasteiger partial charge is 0.494 e. The molecule has 2 heteroatoms. The van der Waals surface area contributed by atoms with Crippen LogP contribution in [0.2, 0.25) is 0 Å². The van der Waals surface area contributed by atoms with Crippen molar-refractivity contribution in [3.63, 3.8) is 0 Å². The van der Waals surface area contributed by atoms with Crippen molar-refractivity contribution in [2.24, 2.45) is 5.73 Å². The zero-order valence-electron chi connectivity index (χ0n) is 13.2. The van der Waals surface area contributed by atoms with Gasteiger partial charge in [-0.15, -0.1) is 0 Å². The van der Waals surface area contributed by atoms with Crippen LogP contribution < -0.4 is 10.5 Å². The average molecular weight is 283 g/mol. The van der Waals surface area contributed by atoms with Crippen LogP contribution in [-0.2, 0) is 6.42 Å². The van der Waals surface area contributed by atoms with Crippen LogP contribution in [0.3, 0.4) is 0 Å². The summed E-state index contributed by atoms with van der Waals surface area (Å²) in [6, 6.07) is 14.9. The Morgan fingerprint density at radius 1 is 1.10 bits per heavy atom. The normalized spacial score (nSPS) is 12.2. The summed E-state index contributed by atoms with van der Waals surface area (Å²) in [5.74, 6) is 1.29. The van der Waals surface area contributed by atoms with Crippen LogP contribution in [0.15, 0.2) is 42.5 Å². The topological polar surface area (TPSA) is 35.2 Å². The van der Waals surface area contributed by atoms with Crippen LogP contribution in [0.4, 0.5) is 0 Å². The number of hydrogen-bond donors (Lipinski definition) is 1. The Labute approximate surface area is 127 Å². The molecule has 0 aromatic heterocycles. The van der Waals surface area contributed by atoms with Crippen molar-refractivity contribution in [2.75, 3.05) is 13.2 Å². The highest BCUT2D eigenvalue weighted by Crippen LogP contribution is 2.25. The molecule has 0 bridgehead atoms. The SMILES string of the molecule is CCOc1cccc(CC(CN)c2cc(C)ccc2C)c1. The highest BCUT2D eigenvalue weighted by Gasteiger charge is 2.13. The molecule has 0 amide bonds. The first-order valence-corrected chi connectivity index (χ1v) is 7.63. The predicted octanol–water partition coefficient (Wildman–Crippen LogP) is 3.99. The van der Waals surface area contributed by atoms with E-state index in [1.54, 1.807) is 0 Å². The van der Waals surface area contributed by atoms with E-state index in [-0.39, 0.29) is 0 Å². The molecule has 112 valence electrons. The first-order chi connectivity index (χ1) is 10.1. The molecule has 1 unspecified atom stereocenters. The van der Waals surface area contributed by atoms with E-state index in [2.05, 4.69) is 50.2 Å². The monoisotopic (exact) mass is 283 g/mol. The van der Waals surface area contributed by atoms with Gasteiger partial charge in [0.25, 0.3) is 0 Å². The second kappa shape index (κ2) is 7.28. The minimum absolute atomic E-state index is 0.349. The Morgan fingerprint density at radius 2 is 1.90 bits per heavy atom. The van der Waals surface area contributed by atoms with E-state index in [0.29, 0.717) is 19.1 Å². The van der Waals surface area contributed by atoms with Crippen molar-refractivity contribution in [1.82, 2.24) is 0 Å². The summed E-state index contributed by atoms with van der Waals surface area (Å²) in [7, 11) is 0. The maximum absolute atomic E-state index is 6.04. The molecule has 0 spiro atoms. The molecule has 0 saturated carbocycles. The highest BCUT2D eigenvalue weighted by molar-refractivity contribution is 5.36. The van der Waals surface area contributed by atoms with Gasteiger partial charge >= 0.3 is 0 Å². The molecule has 2 N–H and O–H groups in total. The number of aryl methyl sites for hydroxylation is 2. The van der Waals surface area contributed by atoms with Gasteiger partial charge in [0.05, 0.1) is 6.61 Å². The summed E-state index contributed by atoms with van der Waals surface area (Å²) in [5, 5.41) is 0. The minimum atomic E-state index is 0.349. The van der Waals surface area contributed by atoms with Crippen LogP contribution in [0.25, 0.3) is 0 Å². The lowest BCUT2D eigenvalue weighted by Gasteiger charge is -2.19. The van der Waals surface area contributed by atoms with Crippen molar-refractivity contribution in [1.29, 1.82) is 0 Å². The standard InChI is InChI=1S/C19H25NO/c1-4-21-18-7-5-6-16(12-18)11-17(13-20)19-10-14(2)8-9-15(19)3/h5-10,12,17H,4,11,13,20H2,1-3H3. The van der Waals surface area contributed by atoms with Gasteiger partial charge in [0.2, 0.25) is 0 Å². The van der Waals surface area contributed by atoms with E-state index in [0.717, 1.165) is 12.2 Å². The summed E-state index contributed by atoms with van der Waals surface area (Å²) < 4.78 is 5.58. The number of hydrogen-bond acceptors (Lipinski definition) is 2. The third-order valence-corrected chi connectivity index (χ3v) is 3.85. The fourth-order valence-electron chi connectivity index (χ4n) is 2.73. The molecule has 0 saturated heterocycles. The maximum atomic E-state index is 6.04. The molecule has 2 nitrogen and oxygen atoms in total. The second-order valence-corrected chi connectivity index (χ2v) is 5.58. The molecule has 0 heterocycles. The van der Waals surface area contributed by atoms with Gasteiger partial charge in [-0.05, 0) is 62.6 Å². The quantitative estimate of drug-likeness (QED) is 0.870. The van der Waals surface area contributed by atoms with E-state index >= 15 is 0 Å². The van der Waals surface area contributed by atoms with Gasteiger partial charge in [-0.2, -0.15) is 0 Å². The first-order valence-electron chi connectivity index (χ1n) is 7.63. The lowest BCUT2D eigenvalue weighted by molar-refractivity contribution is 0.340. The zero-order valence-corrected chi connectivity index (χ0v) is 13.2. The molecule has 0 aliphatic rings. The molecule has 0 fully saturated rings. The summed E-state index contributed by atoms with van der Waals surface area (Å²) in [4.78, 5) is 0. The van der Waals surface area contributed by atoms with Gasteiger partial charge in [0.1, 0.15) is 5.75 Å².